The Morgan fingerprint density at radius 1 is 1.00 bits per heavy atom. The van der Waals surface area contributed by atoms with Gasteiger partial charge in [0.15, 0.2) is 0 Å². The third-order valence-electron chi connectivity index (χ3n) is 8.19. The summed E-state index contributed by atoms with van der Waals surface area (Å²) in [6.07, 6.45) is 6.40. The lowest BCUT2D eigenvalue weighted by molar-refractivity contribution is -0.122. The summed E-state index contributed by atoms with van der Waals surface area (Å²) in [7, 11) is 0. The molecule has 0 radical (unpaired) electrons. The van der Waals surface area contributed by atoms with E-state index in [9.17, 15) is 14.9 Å². The van der Waals surface area contributed by atoms with Gasteiger partial charge in [0.05, 0.1) is 4.91 Å². The second-order valence-corrected chi connectivity index (χ2v) is 12.7. The number of rotatable bonds is 9. The van der Waals surface area contributed by atoms with Crippen molar-refractivity contribution in [3.63, 3.8) is 0 Å². The van der Waals surface area contributed by atoms with Crippen LogP contribution in [0.5, 0.6) is 0 Å². The molecule has 1 amide bonds. The largest absolute Gasteiger partial charge is 0.357 e. The molecule has 0 N–H and O–H groups in total. The Kier molecular flexibility index (Phi) is 9.61. The van der Waals surface area contributed by atoms with E-state index in [2.05, 4.69) is 35.2 Å². The Bertz CT molecular complexity index is 1580. The van der Waals surface area contributed by atoms with Gasteiger partial charge < -0.3 is 4.90 Å². The Labute approximate surface area is 257 Å². The molecule has 0 spiro atoms. The van der Waals surface area contributed by atoms with Crippen molar-refractivity contribution in [1.82, 2.24) is 9.47 Å². The molecule has 42 heavy (non-hydrogen) atoms. The van der Waals surface area contributed by atoms with Crippen molar-refractivity contribution in [3.8, 4) is 6.07 Å². The maximum Gasteiger partial charge on any atom is 0.270 e. The van der Waals surface area contributed by atoms with Gasteiger partial charge >= 0.3 is 0 Å². The van der Waals surface area contributed by atoms with Crippen LogP contribution in [-0.2, 0) is 24.2 Å². The second kappa shape index (κ2) is 13.5. The van der Waals surface area contributed by atoms with E-state index < -0.39 is 0 Å². The van der Waals surface area contributed by atoms with Crippen LogP contribution in [-0.4, -0.2) is 39.3 Å². The van der Waals surface area contributed by atoms with Crippen molar-refractivity contribution < 1.29 is 4.79 Å². The van der Waals surface area contributed by atoms with Gasteiger partial charge in [0.2, 0.25) is 0 Å². The van der Waals surface area contributed by atoms with Crippen LogP contribution in [0.4, 0.5) is 5.82 Å². The average Bonchev–Trinajstić information content (AvgIpc) is 3.27. The molecule has 6 nitrogen and oxygen atoms in total. The Morgan fingerprint density at radius 3 is 2.26 bits per heavy atom. The molecule has 2 saturated heterocycles. The van der Waals surface area contributed by atoms with Crippen LogP contribution < -0.4 is 10.5 Å². The van der Waals surface area contributed by atoms with Crippen LogP contribution >= 0.6 is 24.0 Å². The van der Waals surface area contributed by atoms with Crippen LogP contribution in [0.15, 0.2) is 70.4 Å². The lowest BCUT2D eigenvalue weighted by atomic mass is 9.90. The number of amides is 1. The van der Waals surface area contributed by atoms with Gasteiger partial charge in [-0.05, 0) is 67.7 Å². The molecule has 2 fully saturated rings. The Balaban J connectivity index is 1.46. The molecular weight excluding hydrogens is 561 g/mol. The molecule has 2 aliphatic rings. The molecule has 2 aromatic carbocycles. The SMILES string of the molecule is CCCn1c(N2CCC(Cc3ccccc3)CC2)c(/C=C2\SC(=S)N(CCc3ccccc3)C2=O)c(C)c(C#N)c1=O. The van der Waals surface area contributed by atoms with Gasteiger partial charge in [-0.3, -0.25) is 19.1 Å². The van der Waals surface area contributed by atoms with Gasteiger partial charge in [0.25, 0.3) is 11.5 Å². The predicted octanol–water partition coefficient (Wildman–Crippen LogP) is 6.34. The number of hydrogen-bond acceptors (Lipinski definition) is 6. The highest BCUT2D eigenvalue weighted by Gasteiger charge is 2.33. The van der Waals surface area contributed by atoms with E-state index in [0.29, 0.717) is 40.2 Å². The average molecular weight is 597 g/mol. The first-order valence-electron chi connectivity index (χ1n) is 14.7. The summed E-state index contributed by atoms with van der Waals surface area (Å²) < 4.78 is 2.29. The molecule has 2 aliphatic heterocycles. The van der Waals surface area contributed by atoms with E-state index >= 15 is 0 Å². The Morgan fingerprint density at radius 2 is 1.64 bits per heavy atom. The quantitative estimate of drug-likeness (QED) is 0.212. The monoisotopic (exact) mass is 596 g/mol. The van der Waals surface area contributed by atoms with Crippen molar-refractivity contribution in [3.05, 3.63) is 104 Å². The highest BCUT2D eigenvalue weighted by atomic mass is 32.2. The summed E-state index contributed by atoms with van der Waals surface area (Å²) in [5, 5.41) is 9.97. The molecule has 0 saturated carbocycles. The smallest absolute Gasteiger partial charge is 0.270 e. The van der Waals surface area contributed by atoms with Gasteiger partial charge in [-0.15, -0.1) is 0 Å². The van der Waals surface area contributed by atoms with Crippen molar-refractivity contribution in [2.45, 2.75) is 52.5 Å². The minimum Gasteiger partial charge on any atom is -0.357 e. The molecule has 216 valence electrons. The number of thiocarbonyl (C=S) groups is 1. The van der Waals surface area contributed by atoms with E-state index in [1.165, 1.54) is 17.3 Å². The predicted molar refractivity (Wildman–Crippen MR) is 176 cm³/mol. The van der Waals surface area contributed by atoms with Gasteiger partial charge in [0, 0.05) is 31.7 Å². The maximum atomic E-state index is 13.6. The van der Waals surface area contributed by atoms with Crippen LogP contribution in [0, 0.1) is 24.2 Å². The number of nitriles is 1. The fraction of sp³-hybridized carbons (Fsp3) is 0.353. The number of carbonyl (C=O) groups is 1. The number of piperidine rings is 1. The summed E-state index contributed by atoms with van der Waals surface area (Å²) in [5.41, 5.74) is 3.76. The number of anilines is 1. The third kappa shape index (κ3) is 6.38. The fourth-order valence-corrected chi connectivity index (χ4v) is 7.21. The van der Waals surface area contributed by atoms with Crippen molar-refractivity contribution in [2.24, 2.45) is 5.92 Å². The summed E-state index contributed by atoms with van der Waals surface area (Å²) in [6, 6.07) is 22.8. The number of benzene rings is 2. The normalized spacial score (nSPS) is 16.8. The lowest BCUT2D eigenvalue weighted by Gasteiger charge is -2.36. The zero-order valence-corrected chi connectivity index (χ0v) is 25.8. The minimum absolute atomic E-state index is 0.125. The highest BCUT2D eigenvalue weighted by Crippen LogP contribution is 2.37. The van der Waals surface area contributed by atoms with E-state index in [0.717, 1.165) is 55.7 Å². The summed E-state index contributed by atoms with van der Waals surface area (Å²) in [4.78, 5) is 31.6. The van der Waals surface area contributed by atoms with E-state index in [1.54, 1.807) is 9.47 Å². The zero-order chi connectivity index (χ0) is 29.6. The number of hydrogen-bond donors (Lipinski definition) is 0. The number of carbonyl (C=O) groups excluding carboxylic acids is 1. The number of nitrogens with zero attached hydrogens (tertiary/aromatic N) is 4. The number of pyridine rings is 1. The molecule has 3 heterocycles. The molecule has 1 aromatic heterocycles. The highest BCUT2D eigenvalue weighted by molar-refractivity contribution is 8.26. The van der Waals surface area contributed by atoms with E-state index in [-0.39, 0.29) is 17.0 Å². The van der Waals surface area contributed by atoms with Crippen molar-refractivity contribution >= 4 is 46.1 Å². The van der Waals surface area contributed by atoms with Crippen molar-refractivity contribution in [1.29, 1.82) is 5.26 Å². The van der Waals surface area contributed by atoms with Gasteiger partial charge in [0.1, 0.15) is 21.8 Å². The van der Waals surface area contributed by atoms with Crippen LogP contribution in [0.3, 0.4) is 0 Å². The summed E-state index contributed by atoms with van der Waals surface area (Å²) in [6.45, 7) is 6.49. The summed E-state index contributed by atoms with van der Waals surface area (Å²) in [5.74, 6) is 1.25. The molecular formula is C34H36N4O2S2. The second-order valence-electron chi connectivity index (χ2n) is 11.0. The van der Waals surface area contributed by atoms with Crippen LogP contribution in [0.1, 0.15) is 54.0 Å². The third-order valence-corrected chi connectivity index (χ3v) is 9.57. The topological polar surface area (TPSA) is 69.3 Å². The first-order valence-corrected chi connectivity index (χ1v) is 15.9. The summed E-state index contributed by atoms with van der Waals surface area (Å²) >= 11 is 6.92. The molecule has 3 aromatic rings. The minimum atomic E-state index is -0.259. The van der Waals surface area contributed by atoms with Crippen LogP contribution in [0.25, 0.3) is 6.08 Å². The maximum absolute atomic E-state index is 13.6. The zero-order valence-electron chi connectivity index (χ0n) is 24.2. The number of aromatic nitrogens is 1. The first kappa shape index (κ1) is 29.8. The Hall–Kier alpha value is -3.67. The molecule has 0 atom stereocenters. The van der Waals surface area contributed by atoms with Gasteiger partial charge in [-0.2, -0.15) is 5.26 Å². The van der Waals surface area contributed by atoms with Crippen molar-refractivity contribution in [2.75, 3.05) is 24.5 Å². The molecule has 5 rings (SSSR count). The van der Waals surface area contributed by atoms with Gasteiger partial charge in [-0.1, -0.05) is 91.6 Å². The van der Waals surface area contributed by atoms with E-state index in [4.69, 9.17) is 12.2 Å². The van der Waals surface area contributed by atoms with E-state index in [1.807, 2.05) is 56.3 Å². The molecule has 0 unspecified atom stereocenters. The lowest BCUT2D eigenvalue weighted by Crippen LogP contribution is -2.40. The molecule has 0 aliphatic carbocycles. The number of thioether (sulfide) groups is 1. The standard InChI is InChI=1S/C34H36N4O2S2/c1-3-17-37-31(36-18-14-27(15-19-36)21-26-12-8-5-9-13-26)28(24(2)29(23-35)32(37)39)22-30-33(40)38(34(41)42-30)20-16-25-10-6-4-7-11-25/h4-13,22,27H,3,14-21H2,1-2H3/b30-22-. The first-order chi connectivity index (χ1) is 20.4. The molecule has 8 heteroatoms. The van der Waals surface area contributed by atoms with Gasteiger partial charge in [-0.25, -0.2) is 0 Å². The van der Waals surface area contributed by atoms with Crippen LogP contribution in [0.2, 0.25) is 0 Å². The fourth-order valence-electron chi connectivity index (χ4n) is 5.92. The molecule has 0 bridgehead atoms.